The highest BCUT2D eigenvalue weighted by molar-refractivity contribution is 7.09. The van der Waals surface area contributed by atoms with Crippen LogP contribution in [0.1, 0.15) is 24.4 Å². The monoisotopic (exact) mass is 306 g/mol. The maximum atomic E-state index is 5.63. The van der Waals surface area contributed by atoms with Gasteiger partial charge >= 0.3 is 0 Å². The Bertz CT molecular complexity index is 569. The molecule has 0 atom stereocenters. The summed E-state index contributed by atoms with van der Waals surface area (Å²) in [5.74, 6) is 1.58. The summed E-state index contributed by atoms with van der Waals surface area (Å²) in [5.41, 5.74) is 4.07. The van der Waals surface area contributed by atoms with Crippen molar-refractivity contribution < 1.29 is 9.47 Å². The highest BCUT2D eigenvalue weighted by atomic mass is 32.1. The molecule has 1 aromatic carbocycles. The Kier molecular flexibility index (Phi) is 5.87. The third-order valence-corrected chi connectivity index (χ3v) is 4.06. The van der Waals surface area contributed by atoms with Gasteiger partial charge in [0.05, 0.1) is 24.4 Å². The van der Waals surface area contributed by atoms with E-state index < -0.39 is 0 Å². The molecule has 0 aliphatic rings. The standard InChI is InChI=1S/C16H22N2O2S/c1-4-19-14-7-6-13(10-15(14)20-5-2)17-9-8-16-12(3)18-11-21-16/h6-7,10-11,17H,4-5,8-9H2,1-3H3. The minimum Gasteiger partial charge on any atom is -0.490 e. The van der Waals surface area contributed by atoms with E-state index in [-0.39, 0.29) is 0 Å². The first-order valence-corrected chi connectivity index (χ1v) is 8.15. The lowest BCUT2D eigenvalue weighted by Crippen LogP contribution is -2.05. The number of thiazole rings is 1. The van der Waals surface area contributed by atoms with Crippen LogP contribution in [0.2, 0.25) is 0 Å². The highest BCUT2D eigenvalue weighted by Gasteiger charge is 2.06. The van der Waals surface area contributed by atoms with E-state index in [9.17, 15) is 0 Å². The first-order valence-electron chi connectivity index (χ1n) is 7.27. The van der Waals surface area contributed by atoms with Crippen molar-refractivity contribution in [3.63, 3.8) is 0 Å². The molecule has 0 aliphatic carbocycles. The van der Waals surface area contributed by atoms with Gasteiger partial charge in [-0.2, -0.15) is 0 Å². The largest absolute Gasteiger partial charge is 0.490 e. The first kappa shape index (κ1) is 15.6. The summed E-state index contributed by atoms with van der Waals surface area (Å²) in [7, 11) is 0. The molecule has 1 aromatic heterocycles. The topological polar surface area (TPSA) is 43.4 Å². The fraction of sp³-hybridized carbons (Fsp3) is 0.438. The molecule has 0 bridgehead atoms. The SMILES string of the molecule is CCOc1ccc(NCCc2scnc2C)cc1OCC. The number of hydrogen-bond donors (Lipinski definition) is 1. The van der Waals surface area contributed by atoms with Crippen LogP contribution in [0.5, 0.6) is 11.5 Å². The summed E-state index contributed by atoms with van der Waals surface area (Å²) in [4.78, 5) is 5.60. The molecule has 0 radical (unpaired) electrons. The van der Waals surface area contributed by atoms with Crippen molar-refractivity contribution in [3.8, 4) is 11.5 Å². The van der Waals surface area contributed by atoms with E-state index in [1.807, 2.05) is 37.6 Å². The lowest BCUT2D eigenvalue weighted by Gasteiger charge is -2.13. The highest BCUT2D eigenvalue weighted by Crippen LogP contribution is 2.30. The van der Waals surface area contributed by atoms with Gasteiger partial charge in [-0.05, 0) is 32.9 Å². The number of aryl methyl sites for hydroxylation is 1. The summed E-state index contributed by atoms with van der Waals surface area (Å²) < 4.78 is 11.2. The van der Waals surface area contributed by atoms with Gasteiger partial charge in [-0.15, -0.1) is 11.3 Å². The van der Waals surface area contributed by atoms with Crippen LogP contribution >= 0.6 is 11.3 Å². The maximum Gasteiger partial charge on any atom is 0.163 e. The number of benzene rings is 1. The average molecular weight is 306 g/mol. The lowest BCUT2D eigenvalue weighted by molar-refractivity contribution is 0.288. The molecule has 0 saturated heterocycles. The fourth-order valence-electron chi connectivity index (χ4n) is 2.05. The van der Waals surface area contributed by atoms with Gasteiger partial charge in [0.15, 0.2) is 11.5 Å². The second kappa shape index (κ2) is 7.88. The summed E-state index contributed by atoms with van der Waals surface area (Å²) in [6.07, 6.45) is 0.980. The van der Waals surface area contributed by atoms with E-state index in [1.165, 1.54) is 4.88 Å². The van der Waals surface area contributed by atoms with Crippen LogP contribution in [-0.4, -0.2) is 24.7 Å². The Labute approximate surface area is 130 Å². The number of ether oxygens (including phenoxy) is 2. The van der Waals surface area contributed by atoms with Gasteiger partial charge in [0.2, 0.25) is 0 Å². The van der Waals surface area contributed by atoms with Crippen molar-refractivity contribution in [1.29, 1.82) is 0 Å². The number of nitrogens with one attached hydrogen (secondary N) is 1. The third kappa shape index (κ3) is 4.36. The average Bonchev–Trinajstić information content (AvgIpc) is 2.88. The summed E-state index contributed by atoms with van der Waals surface area (Å²) in [6, 6.07) is 5.97. The molecular formula is C16H22N2O2S. The molecule has 0 unspecified atom stereocenters. The van der Waals surface area contributed by atoms with Gasteiger partial charge in [0.1, 0.15) is 0 Å². The zero-order valence-electron chi connectivity index (χ0n) is 12.8. The Hall–Kier alpha value is -1.75. The van der Waals surface area contributed by atoms with Gasteiger partial charge in [-0.3, -0.25) is 0 Å². The Morgan fingerprint density at radius 3 is 2.57 bits per heavy atom. The maximum absolute atomic E-state index is 5.63. The van der Waals surface area contributed by atoms with Crippen LogP contribution in [0.15, 0.2) is 23.7 Å². The van der Waals surface area contributed by atoms with Crippen molar-refractivity contribution in [1.82, 2.24) is 4.98 Å². The molecule has 0 fully saturated rings. The Balaban J connectivity index is 1.96. The lowest BCUT2D eigenvalue weighted by atomic mass is 10.2. The zero-order chi connectivity index (χ0) is 15.1. The molecule has 4 nitrogen and oxygen atoms in total. The predicted octanol–water partition coefficient (Wildman–Crippen LogP) is 3.90. The van der Waals surface area contributed by atoms with Crippen LogP contribution in [0.4, 0.5) is 5.69 Å². The van der Waals surface area contributed by atoms with Crippen LogP contribution in [0.3, 0.4) is 0 Å². The van der Waals surface area contributed by atoms with E-state index in [0.717, 1.165) is 35.8 Å². The summed E-state index contributed by atoms with van der Waals surface area (Å²) in [5, 5.41) is 3.42. The van der Waals surface area contributed by atoms with Crippen LogP contribution in [0.25, 0.3) is 0 Å². The van der Waals surface area contributed by atoms with Crippen LogP contribution in [0, 0.1) is 6.92 Å². The molecule has 2 rings (SSSR count). The molecular weight excluding hydrogens is 284 g/mol. The summed E-state index contributed by atoms with van der Waals surface area (Å²) in [6.45, 7) is 8.14. The Morgan fingerprint density at radius 1 is 1.14 bits per heavy atom. The molecule has 21 heavy (non-hydrogen) atoms. The molecule has 0 amide bonds. The van der Waals surface area contributed by atoms with Crippen molar-refractivity contribution >= 4 is 17.0 Å². The van der Waals surface area contributed by atoms with Crippen LogP contribution in [-0.2, 0) is 6.42 Å². The molecule has 114 valence electrons. The van der Waals surface area contributed by atoms with E-state index in [1.54, 1.807) is 11.3 Å². The van der Waals surface area contributed by atoms with E-state index in [0.29, 0.717) is 13.2 Å². The van der Waals surface area contributed by atoms with Gasteiger partial charge in [0, 0.05) is 29.6 Å². The second-order valence-corrected chi connectivity index (χ2v) is 5.50. The number of anilines is 1. The predicted molar refractivity (Wildman–Crippen MR) is 87.8 cm³/mol. The minimum atomic E-state index is 0.629. The normalized spacial score (nSPS) is 10.4. The number of nitrogens with zero attached hydrogens (tertiary/aromatic N) is 1. The van der Waals surface area contributed by atoms with Gasteiger partial charge in [-0.25, -0.2) is 4.98 Å². The van der Waals surface area contributed by atoms with Crippen molar-refractivity contribution in [2.75, 3.05) is 25.1 Å². The molecule has 0 saturated carbocycles. The molecule has 0 aliphatic heterocycles. The Morgan fingerprint density at radius 2 is 1.90 bits per heavy atom. The minimum absolute atomic E-state index is 0.629. The first-order chi connectivity index (χ1) is 10.2. The second-order valence-electron chi connectivity index (χ2n) is 4.57. The molecule has 0 spiro atoms. The smallest absolute Gasteiger partial charge is 0.163 e. The van der Waals surface area contributed by atoms with Crippen LogP contribution < -0.4 is 14.8 Å². The fourth-order valence-corrected chi connectivity index (χ4v) is 2.83. The van der Waals surface area contributed by atoms with E-state index >= 15 is 0 Å². The van der Waals surface area contributed by atoms with E-state index in [4.69, 9.17) is 9.47 Å². The molecule has 5 heteroatoms. The van der Waals surface area contributed by atoms with Crippen molar-refractivity contribution in [3.05, 3.63) is 34.3 Å². The number of rotatable bonds is 8. The van der Waals surface area contributed by atoms with Crippen molar-refractivity contribution in [2.45, 2.75) is 27.2 Å². The van der Waals surface area contributed by atoms with Gasteiger partial charge in [-0.1, -0.05) is 0 Å². The number of hydrogen-bond acceptors (Lipinski definition) is 5. The number of aromatic nitrogens is 1. The van der Waals surface area contributed by atoms with Gasteiger partial charge in [0.25, 0.3) is 0 Å². The molecule has 1 heterocycles. The molecule has 2 aromatic rings. The zero-order valence-corrected chi connectivity index (χ0v) is 13.6. The molecule has 1 N–H and O–H groups in total. The van der Waals surface area contributed by atoms with Gasteiger partial charge < -0.3 is 14.8 Å². The summed E-state index contributed by atoms with van der Waals surface area (Å²) >= 11 is 1.71. The third-order valence-electron chi connectivity index (χ3n) is 3.07. The van der Waals surface area contributed by atoms with E-state index in [2.05, 4.69) is 17.2 Å². The quantitative estimate of drug-likeness (QED) is 0.803. The van der Waals surface area contributed by atoms with Crippen molar-refractivity contribution in [2.24, 2.45) is 0 Å².